The molecular formula is C17H23BrFN5. The van der Waals surface area contributed by atoms with Crippen molar-refractivity contribution in [3.63, 3.8) is 0 Å². The van der Waals surface area contributed by atoms with Gasteiger partial charge in [0, 0.05) is 36.4 Å². The summed E-state index contributed by atoms with van der Waals surface area (Å²) >= 11 is 3.27. The molecule has 0 saturated heterocycles. The van der Waals surface area contributed by atoms with E-state index in [0.29, 0.717) is 13.0 Å². The van der Waals surface area contributed by atoms with Crippen molar-refractivity contribution in [3.05, 3.63) is 52.0 Å². The molecule has 0 fully saturated rings. The Kier molecular flexibility index (Phi) is 7.24. The summed E-state index contributed by atoms with van der Waals surface area (Å²) in [6.07, 6.45) is 5.27. The highest BCUT2D eigenvalue weighted by atomic mass is 79.9. The first-order valence-electron chi connectivity index (χ1n) is 8.02. The van der Waals surface area contributed by atoms with Gasteiger partial charge < -0.3 is 10.6 Å². The van der Waals surface area contributed by atoms with Crippen molar-refractivity contribution < 1.29 is 4.39 Å². The van der Waals surface area contributed by atoms with Crippen LogP contribution in [0.5, 0.6) is 0 Å². The zero-order chi connectivity index (χ0) is 17.4. The summed E-state index contributed by atoms with van der Waals surface area (Å²) in [5.41, 5.74) is 1.80. The summed E-state index contributed by atoms with van der Waals surface area (Å²) in [4.78, 5) is 4.53. The maximum absolute atomic E-state index is 13.8. The van der Waals surface area contributed by atoms with Crippen LogP contribution in [0.25, 0.3) is 0 Å². The average molecular weight is 396 g/mol. The molecule has 7 heteroatoms. The predicted octanol–water partition coefficient (Wildman–Crippen LogP) is 3.01. The van der Waals surface area contributed by atoms with E-state index >= 15 is 0 Å². The van der Waals surface area contributed by atoms with E-state index < -0.39 is 0 Å². The lowest BCUT2D eigenvalue weighted by Crippen LogP contribution is -2.37. The normalized spacial score (nSPS) is 11.6. The van der Waals surface area contributed by atoms with Gasteiger partial charge in [0.2, 0.25) is 0 Å². The highest BCUT2D eigenvalue weighted by Gasteiger charge is 2.03. The van der Waals surface area contributed by atoms with E-state index in [0.717, 1.165) is 41.1 Å². The lowest BCUT2D eigenvalue weighted by molar-refractivity contribution is 0.602. The Hall–Kier alpha value is -1.89. The third kappa shape index (κ3) is 5.96. The number of halogens is 2. The number of aryl methyl sites for hydroxylation is 2. The predicted molar refractivity (Wildman–Crippen MR) is 98.4 cm³/mol. The summed E-state index contributed by atoms with van der Waals surface area (Å²) in [6.45, 7) is 4.12. The molecule has 0 aliphatic carbocycles. The van der Waals surface area contributed by atoms with Crippen molar-refractivity contribution in [1.29, 1.82) is 0 Å². The van der Waals surface area contributed by atoms with Crippen LogP contribution in [0.15, 0.2) is 40.1 Å². The number of aliphatic imine (C=N–C) groups is 1. The Balaban J connectivity index is 1.80. The van der Waals surface area contributed by atoms with Crippen LogP contribution in [-0.2, 0) is 20.0 Å². The minimum atomic E-state index is -0.165. The quantitative estimate of drug-likeness (QED) is 0.430. The number of nitrogens with zero attached hydrogens (tertiary/aromatic N) is 3. The van der Waals surface area contributed by atoms with E-state index in [2.05, 4.69) is 36.7 Å². The van der Waals surface area contributed by atoms with Crippen LogP contribution < -0.4 is 10.6 Å². The van der Waals surface area contributed by atoms with Gasteiger partial charge in [-0.05, 0) is 37.5 Å². The van der Waals surface area contributed by atoms with Gasteiger partial charge in [0.05, 0.1) is 12.7 Å². The molecule has 2 rings (SSSR count). The second-order valence-electron chi connectivity index (χ2n) is 5.48. The molecule has 0 spiro atoms. The Bertz CT molecular complexity index is 683. The molecule has 1 heterocycles. The van der Waals surface area contributed by atoms with Crippen LogP contribution >= 0.6 is 15.9 Å². The molecule has 0 amide bonds. The molecule has 1 aromatic carbocycles. The molecule has 0 aliphatic heterocycles. The van der Waals surface area contributed by atoms with Crippen molar-refractivity contribution in [3.8, 4) is 0 Å². The van der Waals surface area contributed by atoms with E-state index in [1.165, 1.54) is 6.07 Å². The number of rotatable bonds is 7. The van der Waals surface area contributed by atoms with E-state index in [1.54, 1.807) is 4.68 Å². The van der Waals surface area contributed by atoms with Gasteiger partial charge in [-0.15, -0.1) is 0 Å². The SMILES string of the molecule is CCNC(=NCc1cnn(C)c1)NCCCc1ccc(Br)cc1F. The van der Waals surface area contributed by atoms with E-state index in [1.807, 2.05) is 38.5 Å². The fourth-order valence-corrected chi connectivity index (χ4v) is 2.61. The molecule has 2 N–H and O–H groups in total. The van der Waals surface area contributed by atoms with E-state index in [-0.39, 0.29) is 5.82 Å². The fraction of sp³-hybridized carbons (Fsp3) is 0.412. The number of guanidine groups is 1. The van der Waals surface area contributed by atoms with Gasteiger partial charge in [-0.2, -0.15) is 5.10 Å². The van der Waals surface area contributed by atoms with Crippen LogP contribution in [0, 0.1) is 5.82 Å². The number of nitrogens with one attached hydrogen (secondary N) is 2. The standard InChI is InChI=1S/C17H23BrFN5/c1-3-20-17(22-10-13-11-23-24(2)12-13)21-8-4-5-14-6-7-15(18)9-16(14)19/h6-7,9,11-12H,3-5,8,10H2,1-2H3,(H2,20,21,22). The van der Waals surface area contributed by atoms with Crippen molar-refractivity contribution in [1.82, 2.24) is 20.4 Å². The third-order valence-electron chi connectivity index (χ3n) is 3.45. The Morgan fingerprint density at radius 1 is 1.38 bits per heavy atom. The number of hydrogen-bond donors (Lipinski definition) is 2. The molecule has 0 radical (unpaired) electrons. The molecular weight excluding hydrogens is 373 g/mol. The molecule has 0 unspecified atom stereocenters. The van der Waals surface area contributed by atoms with Gasteiger partial charge >= 0.3 is 0 Å². The molecule has 24 heavy (non-hydrogen) atoms. The second kappa shape index (κ2) is 9.42. The zero-order valence-corrected chi connectivity index (χ0v) is 15.6. The minimum absolute atomic E-state index is 0.165. The lowest BCUT2D eigenvalue weighted by Gasteiger charge is -2.11. The maximum atomic E-state index is 13.8. The van der Waals surface area contributed by atoms with E-state index in [4.69, 9.17) is 0 Å². The Morgan fingerprint density at radius 3 is 2.88 bits per heavy atom. The van der Waals surface area contributed by atoms with Gasteiger partial charge in [-0.25, -0.2) is 9.38 Å². The molecule has 0 bridgehead atoms. The van der Waals surface area contributed by atoms with Crippen molar-refractivity contribution in [2.75, 3.05) is 13.1 Å². The largest absolute Gasteiger partial charge is 0.357 e. The number of hydrogen-bond acceptors (Lipinski definition) is 2. The maximum Gasteiger partial charge on any atom is 0.191 e. The highest BCUT2D eigenvalue weighted by molar-refractivity contribution is 9.10. The number of aromatic nitrogens is 2. The van der Waals surface area contributed by atoms with Gasteiger partial charge in [-0.1, -0.05) is 22.0 Å². The fourth-order valence-electron chi connectivity index (χ4n) is 2.28. The lowest BCUT2D eigenvalue weighted by atomic mass is 10.1. The van der Waals surface area contributed by atoms with Crippen LogP contribution in [0.3, 0.4) is 0 Å². The van der Waals surface area contributed by atoms with Crippen molar-refractivity contribution in [2.24, 2.45) is 12.0 Å². The molecule has 0 aliphatic rings. The Morgan fingerprint density at radius 2 is 2.21 bits per heavy atom. The molecule has 2 aromatic rings. The molecule has 0 atom stereocenters. The van der Waals surface area contributed by atoms with Gasteiger partial charge in [-0.3, -0.25) is 4.68 Å². The van der Waals surface area contributed by atoms with Crippen LogP contribution in [0.2, 0.25) is 0 Å². The minimum Gasteiger partial charge on any atom is -0.357 e. The summed E-state index contributed by atoms with van der Waals surface area (Å²) in [6, 6.07) is 5.19. The topological polar surface area (TPSA) is 54.2 Å². The second-order valence-corrected chi connectivity index (χ2v) is 6.40. The summed E-state index contributed by atoms with van der Waals surface area (Å²) < 4.78 is 16.3. The molecule has 0 saturated carbocycles. The monoisotopic (exact) mass is 395 g/mol. The van der Waals surface area contributed by atoms with Gasteiger partial charge in [0.25, 0.3) is 0 Å². The highest BCUT2D eigenvalue weighted by Crippen LogP contribution is 2.16. The van der Waals surface area contributed by atoms with Crippen molar-refractivity contribution in [2.45, 2.75) is 26.3 Å². The molecule has 130 valence electrons. The summed E-state index contributed by atoms with van der Waals surface area (Å²) in [5.74, 6) is 0.596. The Labute approximate surface area is 150 Å². The molecule has 1 aromatic heterocycles. The van der Waals surface area contributed by atoms with Gasteiger partial charge in [0.15, 0.2) is 5.96 Å². The van der Waals surface area contributed by atoms with Gasteiger partial charge in [0.1, 0.15) is 5.82 Å². The first-order chi connectivity index (χ1) is 11.6. The van der Waals surface area contributed by atoms with Crippen LogP contribution in [0.4, 0.5) is 4.39 Å². The summed E-state index contributed by atoms with van der Waals surface area (Å²) in [7, 11) is 1.89. The average Bonchev–Trinajstić information content (AvgIpc) is 2.96. The molecule has 5 nitrogen and oxygen atoms in total. The van der Waals surface area contributed by atoms with Crippen LogP contribution in [0.1, 0.15) is 24.5 Å². The summed E-state index contributed by atoms with van der Waals surface area (Å²) in [5, 5.41) is 10.6. The number of benzene rings is 1. The van der Waals surface area contributed by atoms with Crippen LogP contribution in [-0.4, -0.2) is 28.8 Å². The van der Waals surface area contributed by atoms with E-state index in [9.17, 15) is 4.39 Å². The first kappa shape index (κ1) is 18.4. The zero-order valence-electron chi connectivity index (χ0n) is 14.0. The third-order valence-corrected chi connectivity index (χ3v) is 3.95. The van der Waals surface area contributed by atoms with Crippen molar-refractivity contribution >= 4 is 21.9 Å². The smallest absolute Gasteiger partial charge is 0.191 e. The first-order valence-corrected chi connectivity index (χ1v) is 8.81.